The smallest absolute Gasteiger partial charge is 0.406 e. The van der Waals surface area contributed by atoms with Crippen LogP contribution in [0, 0.1) is 5.82 Å². The molecule has 0 aliphatic rings. The SMILES string of the molecule is Fc1cccc2cc(OC(F)(F)F)ccc12. The molecule has 0 saturated heterocycles. The average molecular weight is 230 g/mol. The van der Waals surface area contributed by atoms with E-state index in [9.17, 15) is 17.6 Å². The van der Waals surface area contributed by atoms with Gasteiger partial charge in [-0.2, -0.15) is 0 Å². The van der Waals surface area contributed by atoms with Crippen LogP contribution in [-0.4, -0.2) is 6.36 Å². The van der Waals surface area contributed by atoms with Crippen LogP contribution >= 0.6 is 0 Å². The van der Waals surface area contributed by atoms with Gasteiger partial charge in [-0.1, -0.05) is 12.1 Å². The molecule has 84 valence electrons. The highest BCUT2D eigenvalue weighted by molar-refractivity contribution is 5.84. The van der Waals surface area contributed by atoms with Gasteiger partial charge in [0.1, 0.15) is 11.6 Å². The maximum atomic E-state index is 13.2. The van der Waals surface area contributed by atoms with Crippen LogP contribution < -0.4 is 4.74 Å². The second-order valence-corrected chi connectivity index (χ2v) is 3.17. The van der Waals surface area contributed by atoms with Crippen molar-refractivity contribution in [2.45, 2.75) is 6.36 Å². The lowest BCUT2D eigenvalue weighted by molar-refractivity contribution is -0.274. The summed E-state index contributed by atoms with van der Waals surface area (Å²) >= 11 is 0. The van der Waals surface area contributed by atoms with E-state index >= 15 is 0 Å². The van der Waals surface area contributed by atoms with Crippen molar-refractivity contribution in [1.82, 2.24) is 0 Å². The van der Waals surface area contributed by atoms with Gasteiger partial charge in [0.15, 0.2) is 0 Å². The number of halogens is 4. The minimum Gasteiger partial charge on any atom is -0.406 e. The highest BCUT2D eigenvalue weighted by Crippen LogP contribution is 2.27. The summed E-state index contributed by atoms with van der Waals surface area (Å²) in [6.07, 6.45) is -4.74. The molecule has 5 heteroatoms. The molecule has 0 N–H and O–H groups in total. The Labute approximate surface area is 88.3 Å². The summed E-state index contributed by atoms with van der Waals surface area (Å²) in [6, 6.07) is 7.67. The molecule has 1 nitrogen and oxygen atoms in total. The molecule has 16 heavy (non-hydrogen) atoms. The first-order valence-electron chi connectivity index (χ1n) is 4.40. The summed E-state index contributed by atoms with van der Waals surface area (Å²) < 4.78 is 52.7. The molecule has 0 heterocycles. The van der Waals surface area contributed by atoms with Crippen LogP contribution in [0.2, 0.25) is 0 Å². The van der Waals surface area contributed by atoms with Gasteiger partial charge in [0, 0.05) is 5.39 Å². The standard InChI is InChI=1S/C11H6F4O/c12-10-3-1-2-7-6-8(4-5-9(7)10)16-11(13,14)15/h1-6H. The minimum absolute atomic E-state index is 0.261. The zero-order valence-corrected chi connectivity index (χ0v) is 7.88. The molecule has 0 atom stereocenters. The number of hydrogen-bond acceptors (Lipinski definition) is 1. The zero-order chi connectivity index (χ0) is 11.8. The molecule has 0 bridgehead atoms. The summed E-state index contributed by atoms with van der Waals surface area (Å²) in [5, 5.41) is 0.624. The molecular formula is C11H6F4O. The van der Waals surface area contributed by atoms with E-state index in [1.54, 1.807) is 0 Å². The largest absolute Gasteiger partial charge is 0.573 e. The first kappa shape index (κ1) is 10.7. The van der Waals surface area contributed by atoms with E-state index < -0.39 is 12.2 Å². The fraction of sp³-hybridized carbons (Fsp3) is 0.0909. The third kappa shape index (κ3) is 2.24. The number of rotatable bonds is 1. The van der Waals surface area contributed by atoms with E-state index in [2.05, 4.69) is 4.74 Å². The van der Waals surface area contributed by atoms with Crippen molar-refractivity contribution in [3.63, 3.8) is 0 Å². The quantitative estimate of drug-likeness (QED) is 0.675. The molecular weight excluding hydrogens is 224 g/mol. The topological polar surface area (TPSA) is 9.23 Å². The maximum Gasteiger partial charge on any atom is 0.573 e. The van der Waals surface area contributed by atoms with Gasteiger partial charge in [0.05, 0.1) is 0 Å². The van der Waals surface area contributed by atoms with Gasteiger partial charge in [-0.05, 0) is 29.7 Å². The predicted octanol–water partition coefficient (Wildman–Crippen LogP) is 3.88. The van der Waals surface area contributed by atoms with Crippen LogP contribution in [0.5, 0.6) is 5.75 Å². The van der Waals surface area contributed by atoms with Crippen LogP contribution in [0.15, 0.2) is 36.4 Å². The second-order valence-electron chi connectivity index (χ2n) is 3.17. The van der Waals surface area contributed by atoms with E-state index in [0.717, 1.165) is 12.1 Å². The summed E-state index contributed by atoms with van der Waals surface area (Å²) in [7, 11) is 0. The van der Waals surface area contributed by atoms with E-state index in [1.165, 1.54) is 24.3 Å². The number of alkyl halides is 3. The number of fused-ring (bicyclic) bond motifs is 1. The van der Waals surface area contributed by atoms with Crippen molar-refractivity contribution < 1.29 is 22.3 Å². The summed E-state index contributed by atoms with van der Waals surface area (Å²) in [5.41, 5.74) is 0. The van der Waals surface area contributed by atoms with Crippen LogP contribution in [0.1, 0.15) is 0 Å². The average Bonchev–Trinajstić information content (AvgIpc) is 2.15. The Morgan fingerprint density at radius 2 is 1.75 bits per heavy atom. The third-order valence-electron chi connectivity index (χ3n) is 2.03. The summed E-state index contributed by atoms with van der Waals surface area (Å²) in [4.78, 5) is 0. The molecule has 0 spiro atoms. The highest BCUT2D eigenvalue weighted by Gasteiger charge is 2.31. The first-order valence-corrected chi connectivity index (χ1v) is 4.40. The number of ether oxygens (including phenoxy) is 1. The first-order chi connectivity index (χ1) is 7.46. The van der Waals surface area contributed by atoms with Crippen LogP contribution in [0.3, 0.4) is 0 Å². The van der Waals surface area contributed by atoms with Crippen molar-refractivity contribution >= 4 is 10.8 Å². The van der Waals surface area contributed by atoms with E-state index in [-0.39, 0.29) is 11.1 Å². The van der Waals surface area contributed by atoms with Crippen LogP contribution in [0.4, 0.5) is 17.6 Å². The van der Waals surface area contributed by atoms with Crippen molar-refractivity contribution in [1.29, 1.82) is 0 Å². The lowest BCUT2D eigenvalue weighted by Crippen LogP contribution is -2.16. The molecule has 2 rings (SSSR count). The monoisotopic (exact) mass is 230 g/mol. The highest BCUT2D eigenvalue weighted by atomic mass is 19.4. The Hall–Kier alpha value is -1.78. The fourth-order valence-electron chi connectivity index (χ4n) is 1.42. The summed E-state index contributed by atoms with van der Waals surface area (Å²) in [6.45, 7) is 0. The summed E-state index contributed by atoms with van der Waals surface area (Å²) in [5.74, 6) is -0.832. The van der Waals surface area contributed by atoms with Gasteiger partial charge in [-0.25, -0.2) is 4.39 Å². The van der Waals surface area contributed by atoms with Gasteiger partial charge >= 0.3 is 6.36 Å². The van der Waals surface area contributed by atoms with E-state index in [4.69, 9.17) is 0 Å². The molecule has 0 aromatic heterocycles. The second kappa shape index (κ2) is 3.66. The maximum absolute atomic E-state index is 13.2. The van der Waals surface area contributed by atoms with Gasteiger partial charge in [0.2, 0.25) is 0 Å². The molecule has 0 aliphatic carbocycles. The van der Waals surface area contributed by atoms with Crippen molar-refractivity contribution in [2.75, 3.05) is 0 Å². The Kier molecular flexibility index (Phi) is 2.46. The van der Waals surface area contributed by atoms with E-state index in [0.29, 0.717) is 5.39 Å². The minimum atomic E-state index is -4.74. The van der Waals surface area contributed by atoms with Gasteiger partial charge < -0.3 is 4.74 Å². The normalized spacial score (nSPS) is 11.8. The number of hydrogen-bond donors (Lipinski definition) is 0. The van der Waals surface area contributed by atoms with Crippen LogP contribution in [-0.2, 0) is 0 Å². The third-order valence-corrected chi connectivity index (χ3v) is 2.03. The fourth-order valence-corrected chi connectivity index (χ4v) is 1.42. The molecule has 2 aromatic carbocycles. The van der Waals surface area contributed by atoms with Crippen molar-refractivity contribution in [2.24, 2.45) is 0 Å². The molecule has 0 unspecified atom stereocenters. The van der Waals surface area contributed by atoms with Crippen molar-refractivity contribution in [3.8, 4) is 5.75 Å². The molecule has 2 aromatic rings. The van der Waals surface area contributed by atoms with Crippen molar-refractivity contribution in [3.05, 3.63) is 42.2 Å². The molecule has 0 fully saturated rings. The predicted molar refractivity (Wildman–Crippen MR) is 50.6 cm³/mol. The zero-order valence-electron chi connectivity index (χ0n) is 7.88. The van der Waals surface area contributed by atoms with Gasteiger partial charge in [-0.15, -0.1) is 13.2 Å². The lowest BCUT2D eigenvalue weighted by Gasteiger charge is -2.09. The van der Waals surface area contributed by atoms with E-state index in [1.807, 2.05) is 0 Å². The van der Waals surface area contributed by atoms with Crippen LogP contribution in [0.25, 0.3) is 10.8 Å². The lowest BCUT2D eigenvalue weighted by atomic mass is 10.1. The molecule has 0 aliphatic heterocycles. The Balaban J connectivity index is 2.45. The van der Waals surface area contributed by atoms with Gasteiger partial charge in [0.25, 0.3) is 0 Å². The molecule has 0 amide bonds. The number of benzene rings is 2. The van der Waals surface area contributed by atoms with Gasteiger partial charge in [-0.3, -0.25) is 0 Å². The Morgan fingerprint density at radius 1 is 1.00 bits per heavy atom. The Bertz CT molecular complexity index is 519. The Morgan fingerprint density at radius 3 is 2.44 bits per heavy atom. The molecule has 0 saturated carbocycles. The molecule has 0 radical (unpaired) electrons.